The summed E-state index contributed by atoms with van der Waals surface area (Å²) in [6, 6.07) is 15.9. The molecule has 0 atom stereocenters. The predicted molar refractivity (Wildman–Crippen MR) is 124 cm³/mol. The summed E-state index contributed by atoms with van der Waals surface area (Å²) in [5.74, 6) is 1.65. The number of nitrogens with zero attached hydrogens (tertiary/aromatic N) is 3. The van der Waals surface area contributed by atoms with Crippen LogP contribution in [0.25, 0.3) is 0 Å². The van der Waals surface area contributed by atoms with Gasteiger partial charge in [0.15, 0.2) is 5.11 Å². The predicted octanol–water partition coefficient (Wildman–Crippen LogP) is 4.58. The molecule has 7 heteroatoms. The molecule has 6 nitrogen and oxygen atoms in total. The Kier molecular flexibility index (Phi) is 8.09. The molecule has 30 heavy (non-hydrogen) atoms. The lowest BCUT2D eigenvalue weighted by molar-refractivity contribution is 0.341. The number of anilines is 1. The molecule has 0 aliphatic rings. The van der Waals surface area contributed by atoms with Gasteiger partial charge in [0.1, 0.15) is 11.5 Å². The van der Waals surface area contributed by atoms with Crippen LogP contribution in [-0.4, -0.2) is 39.8 Å². The Balaban J connectivity index is 1.74. The van der Waals surface area contributed by atoms with Crippen molar-refractivity contribution in [2.45, 2.75) is 26.4 Å². The highest BCUT2D eigenvalue weighted by Gasteiger charge is 2.15. The number of imidazole rings is 1. The van der Waals surface area contributed by atoms with E-state index in [1.807, 2.05) is 61.9 Å². The van der Waals surface area contributed by atoms with E-state index in [1.54, 1.807) is 13.3 Å². The van der Waals surface area contributed by atoms with Crippen LogP contribution in [0.15, 0.2) is 67.3 Å². The van der Waals surface area contributed by atoms with Crippen LogP contribution >= 0.6 is 12.2 Å². The van der Waals surface area contributed by atoms with Crippen LogP contribution in [-0.2, 0) is 13.1 Å². The maximum absolute atomic E-state index is 5.79. The number of nitrogens with one attached hydrogen (secondary N) is 1. The fraction of sp³-hybridized carbons (Fsp3) is 0.304. The zero-order chi connectivity index (χ0) is 21.2. The topological polar surface area (TPSA) is 51.5 Å². The van der Waals surface area contributed by atoms with Crippen LogP contribution in [0.5, 0.6) is 11.5 Å². The maximum Gasteiger partial charge on any atom is 0.173 e. The fourth-order valence-corrected chi connectivity index (χ4v) is 3.47. The third-order valence-corrected chi connectivity index (χ3v) is 5.03. The standard InChI is InChI=1S/C23H28N4O2S/c1-3-29-22-12-7-5-10-20(22)25-23(30)27(15-8-14-26-16-13-24-18-26)17-19-9-4-6-11-21(19)28-2/h4-7,9-13,16,18H,3,8,14-15,17H2,1-2H3,(H,25,30). The van der Waals surface area contributed by atoms with Crippen molar-refractivity contribution >= 4 is 23.0 Å². The first-order valence-corrected chi connectivity index (χ1v) is 10.5. The first-order chi connectivity index (χ1) is 14.7. The van der Waals surface area contributed by atoms with Crippen molar-refractivity contribution in [2.24, 2.45) is 0 Å². The second-order valence-electron chi connectivity index (χ2n) is 6.75. The van der Waals surface area contributed by atoms with Gasteiger partial charge in [-0.15, -0.1) is 0 Å². The molecule has 3 aromatic rings. The summed E-state index contributed by atoms with van der Waals surface area (Å²) in [5, 5.41) is 4.02. The van der Waals surface area contributed by atoms with Gasteiger partial charge in [0.25, 0.3) is 0 Å². The molecule has 0 fully saturated rings. The van der Waals surface area contributed by atoms with E-state index < -0.39 is 0 Å². The van der Waals surface area contributed by atoms with Crippen molar-refractivity contribution in [3.8, 4) is 11.5 Å². The van der Waals surface area contributed by atoms with Gasteiger partial charge in [-0.2, -0.15) is 0 Å². The molecule has 3 rings (SSSR count). The van der Waals surface area contributed by atoms with Gasteiger partial charge in [0.05, 0.1) is 25.7 Å². The second kappa shape index (κ2) is 11.2. The summed E-state index contributed by atoms with van der Waals surface area (Å²) >= 11 is 5.79. The van der Waals surface area contributed by atoms with Crippen molar-refractivity contribution < 1.29 is 9.47 Å². The highest BCUT2D eigenvalue weighted by atomic mass is 32.1. The van der Waals surface area contributed by atoms with Crippen LogP contribution in [0.2, 0.25) is 0 Å². The van der Waals surface area contributed by atoms with Crippen molar-refractivity contribution in [3.63, 3.8) is 0 Å². The Hall–Kier alpha value is -3.06. The molecule has 0 bridgehead atoms. The minimum Gasteiger partial charge on any atom is -0.496 e. The van der Waals surface area contributed by atoms with Crippen molar-refractivity contribution in [1.29, 1.82) is 0 Å². The Morgan fingerprint density at radius 3 is 2.63 bits per heavy atom. The van der Waals surface area contributed by atoms with Gasteiger partial charge in [0.2, 0.25) is 0 Å². The summed E-state index contributed by atoms with van der Waals surface area (Å²) in [6.07, 6.45) is 6.53. The molecular weight excluding hydrogens is 396 g/mol. The largest absolute Gasteiger partial charge is 0.496 e. The van der Waals surface area contributed by atoms with E-state index in [-0.39, 0.29) is 0 Å². The molecule has 0 amide bonds. The third-order valence-electron chi connectivity index (χ3n) is 4.67. The van der Waals surface area contributed by atoms with E-state index in [2.05, 4.69) is 25.8 Å². The Labute approximate surface area is 183 Å². The van der Waals surface area contributed by atoms with Crippen LogP contribution < -0.4 is 14.8 Å². The van der Waals surface area contributed by atoms with Gasteiger partial charge >= 0.3 is 0 Å². The van der Waals surface area contributed by atoms with Crippen LogP contribution in [0.4, 0.5) is 5.69 Å². The van der Waals surface area contributed by atoms with E-state index in [9.17, 15) is 0 Å². The molecule has 0 radical (unpaired) electrons. The number of para-hydroxylation sites is 3. The normalized spacial score (nSPS) is 10.5. The molecule has 1 N–H and O–H groups in total. The number of hydrogen-bond acceptors (Lipinski definition) is 4. The molecular formula is C23H28N4O2S. The highest BCUT2D eigenvalue weighted by molar-refractivity contribution is 7.80. The van der Waals surface area contributed by atoms with Gasteiger partial charge in [0, 0.05) is 37.6 Å². The van der Waals surface area contributed by atoms with Crippen molar-refractivity contribution in [2.75, 3.05) is 25.6 Å². The molecule has 2 aromatic carbocycles. The second-order valence-corrected chi connectivity index (χ2v) is 7.13. The van der Waals surface area contributed by atoms with E-state index in [1.165, 1.54) is 0 Å². The summed E-state index contributed by atoms with van der Waals surface area (Å²) in [5.41, 5.74) is 1.95. The Morgan fingerprint density at radius 2 is 1.90 bits per heavy atom. The van der Waals surface area contributed by atoms with E-state index in [4.69, 9.17) is 21.7 Å². The minimum atomic E-state index is 0.599. The summed E-state index contributed by atoms with van der Waals surface area (Å²) < 4.78 is 13.3. The number of aromatic nitrogens is 2. The number of thiocarbonyl (C=S) groups is 1. The van der Waals surface area contributed by atoms with Crippen LogP contribution in [0, 0.1) is 0 Å². The molecule has 158 valence electrons. The average molecular weight is 425 g/mol. The molecule has 0 saturated heterocycles. The first kappa shape index (κ1) is 21.6. The number of methoxy groups -OCH3 is 1. The zero-order valence-electron chi connectivity index (χ0n) is 17.5. The van der Waals surface area contributed by atoms with Gasteiger partial charge < -0.3 is 24.3 Å². The number of benzene rings is 2. The molecule has 1 heterocycles. The fourth-order valence-electron chi connectivity index (χ4n) is 3.20. The lowest BCUT2D eigenvalue weighted by Gasteiger charge is -2.27. The first-order valence-electron chi connectivity index (χ1n) is 10.1. The number of rotatable bonds is 10. The number of hydrogen-bond donors (Lipinski definition) is 1. The van der Waals surface area contributed by atoms with E-state index >= 15 is 0 Å². The van der Waals surface area contributed by atoms with E-state index in [0.717, 1.165) is 42.3 Å². The summed E-state index contributed by atoms with van der Waals surface area (Å²) in [4.78, 5) is 6.27. The van der Waals surface area contributed by atoms with Gasteiger partial charge in [-0.1, -0.05) is 30.3 Å². The molecule has 0 aliphatic carbocycles. The third kappa shape index (κ3) is 5.97. The lowest BCUT2D eigenvalue weighted by atomic mass is 10.2. The SMILES string of the molecule is CCOc1ccccc1NC(=S)N(CCCn1ccnc1)Cc1ccccc1OC. The Bertz CT molecular complexity index is 930. The van der Waals surface area contributed by atoms with E-state index in [0.29, 0.717) is 18.3 Å². The summed E-state index contributed by atoms with van der Waals surface area (Å²) in [6.45, 7) is 4.89. The lowest BCUT2D eigenvalue weighted by Crippen LogP contribution is -2.35. The number of ether oxygens (including phenoxy) is 2. The van der Waals surface area contributed by atoms with Gasteiger partial charge in [-0.05, 0) is 43.8 Å². The van der Waals surface area contributed by atoms with Gasteiger partial charge in [-0.25, -0.2) is 4.98 Å². The average Bonchev–Trinajstić information content (AvgIpc) is 3.28. The molecule has 0 spiro atoms. The van der Waals surface area contributed by atoms with Crippen LogP contribution in [0.1, 0.15) is 18.9 Å². The molecule has 1 aromatic heterocycles. The highest BCUT2D eigenvalue weighted by Crippen LogP contribution is 2.25. The van der Waals surface area contributed by atoms with Gasteiger partial charge in [-0.3, -0.25) is 0 Å². The quantitative estimate of drug-likeness (QED) is 0.481. The van der Waals surface area contributed by atoms with Crippen molar-refractivity contribution in [1.82, 2.24) is 14.5 Å². The summed E-state index contributed by atoms with van der Waals surface area (Å²) in [7, 11) is 1.69. The number of aryl methyl sites for hydroxylation is 1. The molecule has 0 saturated carbocycles. The van der Waals surface area contributed by atoms with Crippen molar-refractivity contribution in [3.05, 3.63) is 72.8 Å². The Morgan fingerprint density at radius 1 is 1.13 bits per heavy atom. The molecule has 0 aliphatic heterocycles. The zero-order valence-corrected chi connectivity index (χ0v) is 18.3. The molecule has 0 unspecified atom stereocenters. The monoisotopic (exact) mass is 424 g/mol. The van der Waals surface area contributed by atoms with Crippen LogP contribution in [0.3, 0.4) is 0 Å². The smallest absolute Gasteiger partial charge is 0.173 e. The minimum absolute atomic E-state index is 0.599. The maximum atomic E-state index is 5.79.